The second-order valence-corrected chi connectivity index (χ2v) is 10.7. The molecular formula is C29H30N2O3S. The van der Waals surface area contributed by atoms with Crippen molar-refractivity contribution in [1.29, 1.82) is 0 Å². The molecule has 2 heterocycles. The molecular weight excluding hydrogens is 456 g/mol. The molecule has 3 atom stereocenters. The summed E-state index contributed by atoms with van der Waals surface area (Å²) in [6.45, 7) is 3.01. The Morgan fingerprint density at radius 2 is 1.97 bits per heavy atom. The number of nitrogens with zero attached hydrogens (tertiary/aromatic N) is 1. The monoisotopic (exact) mass is 486 g/mol. The van der Waals surface area contributed by atoms with Gasteiger partial charge in [-0.05, 0) is 55.5 Å². The van der Waals surface area contributed by atoms with Crippen LogP contribution in [0.25, 0.3) is 6.08 Å². The maximum atomic E-state index is 13.8. The van der Waals surface area contributed by atoms with Crippen molar-refractivity contribution in [2.24, 2.45) is 5.92 Å². The van der Waals surface area contributed by atoms with Gasteiger partial charge in [0.2, 0.25) is 5.91 Å². The number of benzene rings is 2. The highest BCUT2D eigenvalue weighted by atomic mass is 32.2. The first-order chi connectivity index (χ1) is 17.1. The molecule has 0 radical (unpaired) electrons. The van der Waals surface area contributed by atoms with Crippen LogP contribution in [0.1, 0.15) is 41.7 Å². The van der Waals surface area contributed by atoms with E-state index < -0.39 is 0 Å². The van der Waals surface area contributed by atoms with E-state index in [1.807, 2.05) is 59.5 Å². The molecule has 2 aliphatic rings. The number of rotatable bonds is 6. The van der Waals surface area contributed by atoms with E-state index >= 15 is 0 Å². The number of hydrogen-bond acceptors (Lipinski definition) is 4. The molecule has 6 heteroatoms. The zero-order valence-corrected chi connectivity index (χ0v) is 20.7. The molecule has 1 N–H and O–H groups in total. The Bertz CT molecular complexity index is 1210. The Labute approximate surface area is 210 Å². The average Bonchev–Trinajstić information content (AvgIpc) is 3.39. The van der Waals surface area contributed by atoms with Gasteiger partial charge < -0.3 is 14.6 Å². The van der Waals surface area contributed by atoms with Crippen LogP contribution < -0.4 is 5.32 Å². The minimum atomic E-state index is -0.112. The van der Waals surface area contributed by atoms with Crippen LogP contribution in [0.15, 0.2) is 82.3 Å². The highest BCUT2D eigenvalue weighted by Gasteiger charge is 2.44. The van der Waals surface area contributed by atoms with Crippen LogP contribution in [-0.4, -0.2) is 28.0 Å². The highest BCUT2D eigenvalue weighted by molar-refractivity contribution is 8.04. The summed E-state index contributed by atoms with van der Waals surface area (Å²) in [7, 11) is 0. The van der Waals surface area contributed by atoms with Gasteiger partial charge in [0.15, 0.2) is 0 Å². The van der Waals surface area contributed by atoms with Crippen molar-refractivity contribution in [3.05, 3.63) is 100 Å². The van der Waals surface area contributed by atoms with Gasteiger partial charge in [-0.3, -0.25) is 9.59 Å². The molecule has 5 rings (SSSR count). The van der Waals surface area contributed by atoms with Crippen molar-refractivity contribution in [2.45, 2.75) is 50.6 Å². The van der Waals surface area contributed by atoms with E-state index in [4.69, 9.17) is 4.42 Å². The quantitative estimate of drug-likeness (QED) is 0.464. The zero-order chi connectivity index (χ0) is 24.2. The van der Waals surface area contributed by atoms with Crippen LogP contribution in [0.5, 0.6) is 0 Å². The standard InChI is InChI=1S/C29H30N2O3S/c1-20-7-5-10-22(15-20)19-31-25-17-23(28(32)30-18-24-11-6-14-34-24)12-13-26(25)35-27(29(31)33)16-21-8-3-2-4-9-21/h2-11,14-16,23,25-26H,12-13,17-19H2,1H3,(H,30,32)/b27-16-. The molecule has 3 aromatic rings. The average molecular weight is 487 g/mol. The molecule has 35 heavy (non-hydrogen) atoms. The number of furan rings is 1. The van der Waals surface area contributed by atoms with Crippen molar-refractivity contribution >= 4 is 29.7 Å². The fraction of sp³-hybridized carbons (Fsp3) is 0.310. The van der Waals surface area contributed by atoms with Crippen molar-refractivity contribution < 1.29 is 14.0 Å². The molecule has 1 saturated carbocycles. The lowest BCUT2D eigenvalue weighted by atomic mass is 9.83. The van der Waals surface area contributed by atoms with E-state index in [2.05, 4.69) is 30.4 Å². The van der Waals surface area contributed by atoms with E-state index in [-0.39, 0.29) is 29.0 Å². The van der Waals surface area contributed by atoms with Gasteiger partial charge in [-0.1, -0.05) is 60.2 Å². The minimum absolute atomic E-state index is 0.0223. The normalized spacial score (nSPS) is 23.2. The van der Waals surface area contributed by atoms with Gasteiger partial charge in [0.25, 0.3) is 5.91 Å². The summed E-state index contributed by atoms with van der Waals surface area (Å²) in [5, 5.41) is 3.30. The molecule has 0 spiro atoms. The number of thioether (sulfide) groups is 1. The summed E-state index contributed by atoms with van der Waals surface area (Å²) in [4.78, 5) is 29.5. The summed E-state index contributed by atoms with van der Waals surface area (Å²) in [6, 6.07) is 22.0. The SMILES string of the molecule is Cc1cccc(CN2C(=O)/C(=C/c3ccccc3)SC3CCC(C(=O)NCc4ccco4)CC32)c1. The third-order valence-corrected chi connectivity index (χ3v) is 8.22. The molecule has 0 bridgehead atoms. The molecule has 1 aromatic heterocycles. The molecule has 2 amide bonds. The van der Waals surface area contributed by atoms with Crippen molar-refractivity contribution in [1.82, 2.24) is 10.2 Å². The van der Waals surface area contributed by atoms with E-state index in [1.54, 1.807) is 18.0 Å². The Morgan fingerprint density at radius 3 is 2.74 bits per heavy atom. The second kappa shape index (κ2) is 10.6. The van der Waals surface area contributed by atoms with Crippen molar-refractivity contribution in [3.63, 3.8) is 0 Å². The fourth-order valence-electron chi connectivity index (χ4n) is 5.05. The summed E-state index contributed by atoms with van der Waals surface area (Å²) >= 11 is 1.68. The first-order valence-electron chi connectivity index (χ1n) is 12.2. The number of fused-ring (bicyclic) bond motifs is 1. The third kappa shape index (κ3) is 5.54. The molecule has 1 aliphatic heterocycles. The molecule has 2 aromatic carbocycles. The number of carbonyl (C=O) groups is 2. The molecule has 3 unspecified atom stereocenters. The Balaban J connectivity index is 1.37. The predicted octanol–water partition coefficient (Wildman–Crippen LogP) is 5.56. The van der Waals surface area contributed by atoms with Gasteiger partial charge in [-0.2, -0.15) is 0 Å². The lowest BCUT2D eigenvalue weighted by molar-refractivity contribution is -0.133. The smallest absolute Gasteiger partial charge is 0.260 e. The minimum Gasteiger partial charge on any atom is -0.467 e. The summed E-state index contributed by atoms with van der Waals surface area (Å²) < 4.78 is 5.35. The van der Waals surface area contributed by atoms with Crippen LogP contribution in [0.2, 0.25) is 0 Å². The summed E-state index contributed by atoms with van der Waals surface area (Å²) in [5.74, 6) is 0.725. The van der Waals surface area contributed by atoms with Gasteiger partial charge in [0.1, 0.15) is 5.76 Å². The number of amides is 2. The number of hydrogen-bond donors (Lipinski definition) is 1. The zero-order valence-electron chi connectivity index (χ0n) is 19.9. The first-order valence-corrected chi connectivity index (χ1v) is 13.0. The summed E-state index contributed by atoms with van der Waals surface area (Å²) in [6.07, 6.45) is 6.02. The molecule has 2 fully saturated rings. The summed E-state index contributed by atoms with van der Waals surface area (Å²) in [5.41, 5.74) is 3.33. The van der Waals surface area contributed by atoms with E-state index in [0.717, 1.165) is 34.6 Å². The number of nitrogens with one attached hydrogen (secondary N) is 1. The maximum absolute atomic E-state index is 13.8. The van der Waals surface area contributed by atoms with E-state index in [0.29, 0.717) is 19.5 Å². The van der Waals surface area contributed by atoms with Crippen LogP contribution in [0, 0.1) is 12.8 Å². The Kier molecular flexibility index (Phi) is 7.09. The largest absolute Gasteiger partial charge is 0.467 e. The molecule has 5 nitrogen and oxygen atoms in total. The topological polar surface area (TPSA) is 62.6 Å². The van der Waals surface area contributed by atoms with E-state index in [9.17, 15) is 9.59 Å². The van der Waals surface area contributed by atoms with Gasteiger partial charge in [-0.15, -0.1) is 11.8 Å². The van der Waals surface area contributed by atoms with Crippen molar-refractivity contribution in [3.8, 4) is 0 Å². The Morgan fingerprint density at radius 1 is 1.11 bits per heavy atom. The van der Waals surface area contributed by atoms with Gasteiger partial charge in [0, 0.05) is 23.8 Å². The number of carbonyl (C=O) groups excluding carboxylic acids is 2. The third-order valence-electron chi connectivity index (χ3n) is 6.83. The van der Waals surface area contributed by atoms with Crippen LogP contribution in [-0.2, 0) is 22.7 Å². The lowest BCUT2D eigenvalue weighted by Crippen LogP contribution is -2.53. The molecule has 180 valence electrons. The second-order valence-electron chi connectivity index (χ2n) is 9.37. The van der Waals surface area contributed by atoms with Gasteiger partial charge in [0.05, 0.1) is 17.7 Å². The van der Waals surface area contributed by atoms with Gasteiger partial charge in [-0.25, -0.2) is 0 Å². The van der Waals surface area contributed by atoms with E-state index in [1.165, 1.54) is 5.56 Å². The highest BCUT2D eigenvalue weighted by Crippen LogP contribution is 2.44. The van der Waals surface area contributed by atoms with Crippen LogP contribution in [0.4, 0.5) is 0 Å². The van der Waals surface area contributed by atoms with Crippen molar-refractivity contribution in [2.75, 3.05) is 0 Å². The predicted molar refractivity (Wildman–Crippen MR) is 139 cm³/mol. The van der Waals surface area contributed by atoms with Gasteiger partial charge >= 0.3 is 0 Å². The maximum Gasteiger partial charge on any atom is 0.260 e. The van der Waals surface area contributed by atoms with Crippen LogP contribution in [0.3, 0.4) is 0 Å². The first kappa shape index (κ1) is 23.5. The lowest BCUT2D eigenvalue weighted by Gasteiger charge is -2.46. The Hall–Kier alpha value is -3.25. The molecule has 1 saturated heterocycles. The molecule has 1 aliphatic carbocycles. The van der Waals surface area contributed by atoms with Crippen LogP contribution >= 0.6 is 11.8 Å². The number of aryl methyl sites for hydroxylation is 1. The fourth-order valence-corrected chi connectivity index (χ4v) is 6.47.